The van der Waals surface area contributed by atoms with E-state index in [1.54, 1.807) is 6.07 Å². The quantitative estimate of drug-likeness (QED) is 0.575. The number of nitrogens with one attached hydrogen (secondary N) is 2. The number of nitrogens with zero attached hydrogens (tertiary/aromatic N) is 1. The predicted octanol–water partition coefficient (Wildman–Crippen LogP) is 1.80. The Morgan fingerprint density at radius 1 is 1.67 bits per heavy atom. The standard InChI is InChI=1S/C12H17ClN4O/c1-12(2)4-8(12)6-16-11(18)7-3-9(13)10(17-14)15-5-7/h3,5,8H,4,6,14H2,1-2H3,(H,15,17)(H,16,18). The zero-order chi connectivity index (χ0) is 13.3. The van der Waals surface area contributed by atoms with Gasteiger partial charge in [0.15, 0.2) is 5.82 Å². The molecule has 98 valence electrons. The molecule has 1 heterocycles. The maximum absolute atomic E-state index is 11.9. The van der Waals surface area contributed by atoms with Crippen molar-refractivity contribution in [1.82, 2.24) is 10.3 Å². The number of carbonyl (C=O) groups excluding carboxylic acids is 1. The predicted molar refractivity (Wildman–Crippen MR) is 71.3 cm³/mol. The van der Waals surface area contributed by atoms with Crippen LogP contribution in [0.4, 0.5) is 5.82 Å². The van der Waals surface area contributed by atoms with Crippen molar-refractivity contribution < 1.29 is 4.79 Å². The third kappa shape index (κ3) is 2.73. The molecule has 6 heteroatoms. The number of rotatable bonds is 4. The molecule has 1 fully saturated rings. The summed E-state index contributed by atoms with van der Waals surface area (Å²) in [6.45, 7) is 5.09. The number of halogens is 1. The highest BCUT2D eigenvalue weighted by Crippen LogP contribution is 2.50. The lowest BCUT2D eigenvalue weighted by Crippen LogP contribution is -2.26. The van der Waals surface area contributed by atoms with Crippen LogP contribution in [-0.4, -0.2) is 17.4 Å². The summed E-state index contributed by atoms with van der Waals surface area (Å²) < 4.78 is 0. The normalized spacial score (nSPS) is 20.3. The summed E-state index contributed by atoms with van der Waals surface area (Å²) in [4.78, 5) is 15.8. The molecule has 1 aliphatic carbocycles. The van der Waals surface area contributed by atoms with Crippen LogP contribution in [0.1, 0.15) is 30.6 Å². The zero-order valence-corrected chi connectivity index (χ0v) is 11.2. The Morgan fingerprint density at radius 2 is 2.33 bits per heavy atom. The molecule has 1 atom stereocenters. The van der Waals surface area contributed by atoms with E-state index in [1.165, 1.54) is 6.20 Å². The van der Waals surface area contributed by atoms with Crippen LogP contribution in [0.5, 0.6) is 0 Å². The van der Waals surface area contributed by atoms with Crippen molar-refractivity contribution in [3.8, 4) is 0 Å². The molecule has 0 aromatic carbocycles. The first-order chi connectivity index (χ1) is 8.44. The summed E-state index contributed by atoms with van der Waals surface area (Å²) in [5.41, 5.74) is 3.16. The van der Waals surface area contributed by atoms with Crippen LogP contribution in [-0.2, 0) is 0 Å². The second-order valence-electron chi connectivity index (χ2n) is 5.30. The van der Waals surface area contributed by atoms with Crippen molar-refractivity contribution >= 4 is 23.3 Å². The molecule has 1 aliphatic rings. The number of amides is 1. The van der Waals surface area contributed by atoms with Gasteiger partial charge in [-0.2, -0.15) is 0 Å². The van der Waals surface area contributed by atoms with Crippen LogP contribution in [0.15, 0.2) is 12.3 Å². The number of hydrazine groups is 1. The van der Waals surface area contributed by atoms with Gasteiger partial charge >= 0.3 is 0 Å². The summed E-state index contributed by atoms with van der Waals surface area (Å²) >= 11 is 5.91. The molecule has 1 aromatic rings. The van der Waals surface area contributed by atoms with E-state index in [2.05, 4.69) is 29.6 Å². The summed E-state index contributed by atoms with van der Waals surface area (Å²) in [7, 11) is 0. The molecule has 0 bridgehead atoms. The van der Waals surface area contributed by atoms with Gasteiger partial charge in [0.1, 0.15) is 0 Å². The van der Waals surface area contributed by atoms with Crippen LogP contribution in [0.2, 0.25) is 5.02 Å². The molecule has 1 amide bonds. The maximum Gasteiger partial charge on any atom is 0.252 e. The molecule has 1 aromatic heterocycles. The van der Waals surface area contributed by atoms with Crippen LogP contribution < -0.4 is 16.6 Å². The van der Waals surface area contributed by atoms with Gasteiger partial charge in [0.2, 0.25) is 0 Å². The summed E-state index contributed by atoms with van der Waals surface area (Å²) in [6, 6.07) is 1.55. The second kappa shape index (κ2) is 4.74. The Kier molecular flexibility index (Phi) is 3.45. The van der Waals surface area contributed by atoms with E-state index in [4.69, 9.17) is 17.4 Å². The number of pyridine rings is 1. The Bertz CT molecular complexity index is 475. The van der Waals surface area contributed by atoms with E-state index < -0.39 is 0 Å². The van der Waals surface area contributed by atoms with Gasteiger partial charge < -0.3 is 10.7 Å². The Morgan fingerprint density at radius 3 is 2.83 bits per heavy atom. The van der Waals surface area contributed by atoms with Gasteiger partial charge in [-0.1, -0.05) is 25.4 Å². The van der Waals surface area contributed by atoms with Crippen LogP contribution in [0.25, 0.3) is 0 Å². The average Bonchev–Trinajstić information content (AvgIpc) is 2.94. The SMILES string of the molecule is CC1(C)CC1CNC(=O)c1cnc(NN)c(Cl)c1. The van der Waals surface area contributed by atoms with E-state index in [0.717, 1.165) is 6.42 Å². The molecule has 0 aliphatic heterocycles. The lowest BCUT2D eigenvalue weighted by atomic mass is 10.1. The topological polar surface area (TPSA) is 80.0 Å². The van der Waals surface area contributed by atoms with Crippen LogP contribution in [0, 0.1) is 11.3 Å². The Balaban J connectivity index is 1.95. The number of anilines is 1. The molecular weight excluding hydrogens is 252 g/mol. The van der Waals surface area contributed by atoms with E-state index in [0.29, 0.717) is 34.3 Å². The monoisotopic (exact) mass is 268 g/mol. The van der Waals surface area contributed by atoms with Crippen molar-refractivity contribution in [2.75, 3.05) is 12.0 Å². The molecule has 18 heavy (non-hydrogen) atoms. The third-order valence-electron chi connectivity index (χ3n) is 3.47. The minimum atomic E-state index is -0.157. The number of nitrogen functional groups attached to an aromatic ring is 1. The minimum Gasteiger partial charge on any atom is -0.352 e. The van der Waals surface area contributed by atoms with Gasteiger partial charge in [0.05, 0.1) is 10.6 Å². The molecule has 1 saturated carbocycles. The summed E-state index contributed by atoms with van der Waals surface area (Å²) in [5.74, 6) is 5.98. The molecule has 1 unspecified atom stereocenters. The fourth-order valence-electron chi connectivity index (χ4n) is 1.91. The van der Waals surface area contributed by atoms with E-state index in [1.807, 2.05) is 0 Å². The highest BCUT2D eigenvalue weighted by Gasteiger charge is 2.45. The molecule has 0 spiro atoms. The number of hydrogen-bond acceptors (Lipinski definition) is 4. The largest absolute Gasteiger partial charge is 0.352 e. The van der Waals surface area contributed by atoms with Crippen LogP contribution >= 0.6 is 11.6 Å². The fraction of sp³-hybridized carbons (Fsp3) is 0.500. The number of carbonyl (C=O) groups is 1. The second-order valence-corrected chi connectivity index (χ2v) is 5.71. The number of aromatic nitrogens is 1. The van der Waals surface area contributed by atoms with Gasteiger partial charge in [-0.25, -0.2) is 10.8 Å². The fourth-order valence-corrected chi connectivity index (χ4v) is 2.13. The Labute approximate surface area is 111 Å². The van der Waals surface area contributed by atoms with E-state index in [9.17, 15) is 4.79 Å². The first-order valence-electron chi connectivity index (χ1n) is 5.84. The summed E-state index contributed by atoms with van der Waals surface area (Å²) in [6.07, 6.45) is 2.61. The highest BCUT2D eigenvalue weighted by atomic mass is 35.5. The molecule has 2 rings (SSSR count). The number of hydrogen-bond donors (Lipinski definition) is 3. The van der Waals surface area contributed by atoms with Gasteiger partial charge in [0.25, 0.3) is 5.91 Å². The van der Waals surface area contributed by atoms with Gasteiger partial charge in [0, 0.05) is 12.7 Å². The lowest BCUT2D eigenvalue weighted by Gasteiger charge is -2.08. The third-order valence-corrected chi connectivity index (χ3v) is 3.75. The maximum atomic E-state index is 11.9. The van der Waals surface area contributed by atoms with Crippen molar-refractivity contribution in [3.05, 3.63) is 22.8 Å². The first kappa shape index (κ1) is 13.1. The minimum absolute atomic E-state index is 0.157. The highest BCUT2D eigenvalue weighted by molar-refractivity contribution is 6.33. The smallest absolute Gasteiger partial charge is 0.252 e. The average molecular weight is 269 g/mol. The zero-order valence-electron chi connectivity index (χ0n) is 10.5. The van der Waals surface area contributed by atoms with Crippen molar-refractivity contribution in [3.63, 3.8) is 0 Å². The van der Waals surface area contributed by atoms with Gasteiger partial charge in [-0.15, -0.1) is 0 Å². The molecular formula is C12H17ClN4O. The molecule has 5 nitrogen and oxygen atoms in total. The van der Waals surface area contributed by atoms with Crippen molar-refractivity contribution in [2.45, 2.75) is 20.3 Å². The van der Waals surface area contributed by atoms with Crippen molar-refractivity contribution in [2.24, 2.45) is 17.2 Å². The molecule has 4 N–H and O–H groups in total. The molecule has 0 radical (unpaired) electrons. The summed E-state index contributed by atoms with van der Waals surface area (Å²) in [5, 5.41) is 3.22. The number of nitrogens with two attached hydrogens (primary N) is 1. The lowest BCUT2D eigenvalue weighted by molar-refractivity contribution is 0.0950. The van der Waals surface area contributed by atoms with E-state index in [-0.39, 0.29) is 5.91 Å². The Hall–Kier alpha value is -1.33. The molecule has 0 saturated heterocycles. The van der Waals surface area contributed by atoms with Crippen molar-refractivity contribution in [1.29, 1.82) is 0 Å². The van der Waals surface area contributed by atoms with E-state index >= 15 is 0 Å². The van der Waals surface area contributed by atoms with Gasteiger partial charge in [-0.05, 0) is 23.8 Å². The van der Waals surface area contributed by atoms with Gasteiger partial charge in [-0.3, -0.25) is 4.79 Å². The first-order valence-corrected chi connectivity index (χ1v) is 6.22. The van der Waals surface area contributed by atoms with Crippen LogP contribution in [0.3, 0.4) is 0 Å².